The molecule has 20 heavy (non-hydrogen) atoms. The highest BCUT2D eigenvalue weighted by Crippen LogP contribution is 2.00. The van der Waals surface area contributed by atoms with Gasteiger partial charge in [0, 0.05) is 19.1 Å². The lowest BCUT2D eigenvalue weighted by molar-refractivity contribution is -0.138. The molecule has 0 bridgehead atoms. The number of carboxylic acid groups (broad SMARTS) is 1. The normalized spacial score (nSPS) is 11.3. The van der Waals surface area contributed by atoms with Crippen LogP contribution in [0.5, 0.6) is 0 Å². The average Bonchev–Trinajstić information content (AvgIpc) is 2.34. The molecular weight excluding hydrogens is 286 g/mol. The van der Waals surface area contributed by atoms with Gasteiger partial charge in [0.2, 0.25) is 17.7 Å². The zero-order valence-corrected chi connectivity index (χ0v) is 12.2. The first-order valence-electron chi connectivity index (χ1n) is 5.94. The number of carbonyl (C=O) groups is 4. The van der Waals surface area contributed by atoms with Crippen LogP contribution in [0.2, 0.25) is 0 Å². The van der Waals surface area contributed by atoms with Gasteiger partial charge in [0.25, 0.3) is 0 Å². The van der Waals surface area contributed by atoms with Crippen molar-refractivity contribution in [2.75, 3.05) is 18.2 Å². The molecule has 0 aliphatic rings. The largest absolute Gasteiger partial charge is 0.480 e. The van der Waals surface area contributed by atoms with Crippen LogP contribution in [0.4, 0.5) is 0 Å². The molecule has 114 valence electrons. The van der Waals surface area contributed by atoms with E-state index in [-0.39, 0.29) is 18.2 Å². The van der Waals surface area contributed by atoms with Gasteiger partial charge in [-0.3, -0.25) is 19.2 Å². The Morgan fingerprint density at radius 3 is 2.40 bits per heavy atom. The smallest absolute Gasteiger partial charge is 0.322 e. The lowest BCUT2D eigenvalue weighted by atomic mass is 10.3. The molecule has 0 heterocycles. The van der Waals surface area contributed by atoms with Gasteiger partial charge in [-0.15, -0.1) is 11.8 Å². The molecule has 0 spiro atoms. The van der Waals surface area contributed by atoms with Crippen molar-refractivity contribution in [2.45, 2.75) is 26.3 Å². The number of thioether (sulfide) groups is 1. The molecule has 3 amide bonds. The number of carbonyl (C=O) groups excluding carboxylic acids is 3. The lowest BCUT2D eigenvalue weighted by Crippen LogP contribution is -2.46. The molecule has 0 aliphatic carbocycles. The third-order valence-electron chi connectivity index (χ3n) is 2.08. The van der Waals surface area contributed by atoms with E-state index in [9.17, 15) is 19.2 Å². The summed E-state index contributed by atoms with van der Waals surface area (Å²) >= 11 is 1.39. The Morgan fingerprint density at radius 2 is 1.85 bits per heavy atom. The molecular formula is C11H19N3O5S. The van der Waals surface area contributed by atoms with Crippen LogP contribution in [-0.4, -0.2) is 53.0 Å². The molecule has 9 heteroatoms. The minimum atomic E-state index is -1.15. The molecule has 0 aromatic rings. The van der Waals surface area contributed by atoms with Gasteiger partial charge in [0.05, 0.1) is 5.88 Å². The van der Waals surface area contributed by atoms with Gasteiger partial charge >= 0.3 is 5.97 Å². The van der Waals surface area contributed by atoms with Crippen molar-refractivity contribution in [1.29, 1.82) is 0 Å². The zero-order chi connectivity index (χ0) is 15.5. The highest BCUT2D eigenvalue weighted by molar-refractivity contribution is 7.99. The maximum Gasteiger partial charge on any atom is 0.322 e. The summed E-state index contributed by atoms with van der Waals surface area (Å²) in [7, 11) is 0. The monoisotopic (exact) mass is 305 g/mol. The van der Waals surface area contributed by atoms with E-state index in [1.54, 1.807) is 0 Å². The van der Waals surface area contributed by atoms with E-state index in [0.717, 1.165) is 0 Å². The standard InChI is InChI=1S/C11H19N3O5S/c1-7(11(19)12-5-10(17)18)14-9(16)3-4-20-6-13-8(2)15/h7H,3-6H2,1-2H3,(H,12,19)(H,13,15)(H,14,16)(H,17,18). The van der Waals surface area contributed by atoms with E-state index in [1.165, 1.54) is 25.6 Å². The second-order valence-electron chi connectivity index (χ2n) is 3.94. The van der Waals surface area contributed by atoms with Crippen LogP contribution in [-0.2, 0) is 19.2 Å². The average molecular weight is 305 g/mol. The lowest BCUT2D eigenvalue weighted by Gasteiger charge is -2.13. The molecule has 0 aromatic heterocycles. The van der Waals surface area contributed by atoms with Gasteiger partial charge < -0.3 is 21.1 Å². The quantitative estimate of drug-likeness (QED) is 0.317. The van der Waals surface area contributed by atoms with E-state index in [1.807, 2.05) is 0 Å². The molecule has 0 aromatic carbocycles. The first kappa shape index (κ1) is 18.2. The highest BCUT2D eigenvalue weighted by Gasteiger charge is 2.15. The SMILES string of the molecule is CC(=O)NCSCCC(=O)NC(C)C(=O)NCC(=O)O. The minimum Gasteiger partial charge on any atom is -0.480 e. The zero-order valence-electron chi connectivity index (χ0n) is 11.4. The van der Waals surface area contributed by atoms with Crippen molar-refractivity contribution in [3.63, 3.8) is 0 Å². The van der Waals surface area contributed by atoms with Crippen LogP contribution in [0.3, 0.4) is 0 Å². The van der Waals surface area contributed by atoms with E-state index in [0.29, 0.717) is 11.6 Å². The van der Waals surface area contributed by atoms with Crippen molar-refractivity contribution >= 4 is 35.5 Å². The second kappa shape index (κ2) is 10.1. The van der Waals surface area contributed by atoms with Crippen LogP contribution in [0.1, 0.15) is 20.3 Å². The van der Waals surface area contributed by atoms with Crippen LogP contribution in [0.25, 0.3) is 0 Å². The van der Waals surface area contributed by atoms with Crippen molar-refractivity contribution < 1.29 is 24.3 Å². The van der Waals surface area contributed by atoms with E-state index >= 15 is 0 Å². The van der Waals surface area contributed by atoms with E-state index in [2.05, 4.69) is 16.0 Å². The Morgan fingerprint density at radius 1 is 1.20 bits per heavy atom. The molecule has 0 aliphatic heterocycles. The molecule has 0 fully saturated rings. The fourth-order valence-electron chi connectivity index (χ4n) is 1.08. The van der Waals surface area contributed by atoms with Crippen molar-refractivity contribution in [1.82, 2.24) is 16.0 Å². The molecule has 1 unspecified atom stereocenters. The summed E-state index contributed by atoms with van der Waals surface area (Å²) < 4.78 is 0. The van der Waals surface area contributed by atoms with Gasteiger partial charge in [0.15, 0.2) is 0 Å². The molecule has 0 saturated heterocycles. The summed E-state index contributed by atoms with van der Waals surface area (Å²) in [6.07, 6.45) is 0.209. The first-order valence-corrected chi connectivity index (χ1v) is 7.09. The van der Waals surface area contributed by atoms with Gasteiger partial charge in [-0.25, -0.2) is 0 Å². The van der Waals surface area contributed by atoms with Gasteiger partial charge in [-0.05, 0) is 6.92 Å². The van der Waals surface area contributed by atoms with Crippen LogP contribution >= 0.6 is 11.8 Å². The van der Waals surface area contributed by atoms with Crippen molar-refractivity contribution in [2.24, 2.45) is 0 Å². The van der Waals surface area contributed by atoms with E-state index in [4.69, 9.17) is 5.11 Å². The van der Waals surface area contributed by atoms with Crippen LogP contribution in [0, 0.1) is 0 Å². The Balaban J connectivity index is 3.76. The number of amides is 3. The number of rotatable bonds is 9. The fraction of sp³-hybridized carbons (Fsp3) is 0.636. The summed E-state index contributed by atoms with van der Waals surface area (Å²) in [4.78, 5) is 43.7. The van der Waals surface area contributed by atoms with Crippen LogP contribution < -0.4 is 16.0 Å². The Bertz CT molecular complexity index is 375. The maximum atomic E-state index is 11.5. The number of hydrogen-bond acceptors (Lipinski definition) is 5. The summed E-state index contributed by atoms with van der Waals surface area (Å²) in [5.74, 6) is -1.20. The topological polar surface area (TPSA) is 125 Å². The molecule has 0 radical (unpaired) electrons. The summed E-state index contributed by atoms with van der Waals surface area (Å²) in [5.41, 5.74) is 0. The maximum absolute atomic E-state index is 11.5. The third-order valence-corrected chi connectivity index (χ3v) is 2.92. The van der Waals surface area contributed by atoms with Gasteiger partial charge in [-0.1, -0.05) is 0 Å². The van der Waals surface area contributed by atoms with Crippen LogP contribution in [0.15, 0.2) is 0 Å². The number of hydrogen-bond donors (Lipinski definition) is 4. The third kappa shape index (κ3) is 10.2. The predicted molar refractivity (Wildman–Crippen MR) is 74.0 cm³/mol. The number of carboxylic acids is 1. The predicted octanol–water partition coefficient (Wildman–Crippen LogP) is -1.09. The Labute approximate surface area is 121 Å². The second-order valence-corrected chi connectivity index (χ2v) is 5.04. The molecule has 0 rings (SSSR count). The molecule has 8 nitrogen and oxygen atoms in total. The molecule has 0 saturated carbocycles. The highest BCUT2D eigenvalue weighted by atomic mass is 32.2. The van der Waals surface area contributed by atoms with Gasteiger partial charge in [-0.2, -0.15) is 0 Å². The number of aliphatic carboxylic acids is 1. The summed E-state index contributed by atoms with van der Waals surface area (Å²) in [5, 5.41) is 15.6. The Hall–Kier alpha value is -1.77. The molecule has 1 atom stereocenters. The minimum absolute atomic E-state index is 0.134. The Kier molecular flexibility index (Phi) is 9.18. The van der Waals surface area contributed by atoms with Crippen molar-refractivity contribution in [3.05, 3.63) is 0 Å². The molecule has 4 N–H and O–H groups in total. The number of nitrogens with one attached hydrogen (secondary N) is 3. The van der Waals surface area contributed by atoms with E-state index < -0.39 is 24.5 Å². The fourth-order valence-corrected chi connectivity index (χ4v) is 1.86. The van der Waals surface area contributed by atoms with Gasteiger partial charge in [0.1, 0.15) is 12.6 Å². The van der Waals surface area contributed by atoms with Crippen molar-refractivity contribution in [3.8, 4) is 0 Å². The summed E-state index contributed by atoms with van der Waals surface area (Å²) in [6.45, 7) is 2.40. The first-order chi connectivity index (χ1) is 9.32. The summed E-state index contributed by atoms with van der Waals surface area (Å²) in [6, 6.07) is -0.790.